The Bertz CT molecular complexity index is 113. The van der Waals surface area contributed by atoms with Gasteiger partial charge in [-0.3, -0.25) is 0 Å². The lowest BCUT2D eigenvalue weighted by molar-refractivity contribution is 0.807. The lowest BCUT2D eigenvalue weighted by atomic mass is 10.3. The highest BCUT2D eigenvalue weighted by molar-refractivity contribution is 14.0. The molecule has 1 aromatic carbocycles. The van der Waals surface area contributed by atoms with E-state index < -0.39 is 0 Å². The molecule has 2 heteroatoms. The van der Waals surface area contributed by atoms with Crippen LogP contribution >= 0.6 is 24.0 Å². The fraction of sp³-hybridized carbons (Fsp3) is 0.400. The van der Waals surface area contributed by atoms with Crippen LogP contribution in [0.1, 0.15) is 19.8 Å². The van der Waals surface area contributed by atoms with Gasteiger partial charge in [-0.2, -0.15) is 0 Å². The van der Waals surface area contributed by atoms with E-state index in [1.165, 1.54) is 12.8 Å². The van der Waals surface area contributed by atoms with Gasteiger partial charge in [0, 0.05) is 0 Å². The molecule has 1 rings (SSSR count). The van der Waals surface area contributed by atoms with Gasteiger partial charge < -0.3 is 5.73 Å². The quantitative estimate of drug-likeness (QED) is 0.827. The minimum atomic E-state index is 0. The predicted molar refractivity (Wildman–Crippen MR) is 65.8 cm³/mol. The average molecular weight is 279 g/mol. The molecule has 0 spiro atoms. The Morgan fingerprint density at radius 2 is 1.25 bits per heavy atom. The Labute approximate surface area is 92.4 Å². The molecule has 0 atom stereocenters. The fourth-order valence-electron chi connectivity index (χ4n) is 0.589. The summed E-state index contributed by atoms with van der Waals surface area (Å²) in [6.07, 6.45) is 2.39. The second-order valence-corrected chi connectivity index (χ2v) is 2.30. The lowest BCUT2D eigenvalue weighted by Gasteiger charge is -1.80. The lowest BCUT2D eigenvalue weighted by Crippen LogP contribution is -1.95. The summed E-state index contributed by atoms with van der Waals surface area (Å²) in [5, 5.41) is 0. The zero-order valence-corrected chi connectivity index (χ0v) is 9.90. The molecule has 0 aliphatic carbocycles. The van der Waals surface area contributed by atoms with Crippen molar-refractivity contribution in [2.45, 2.75) is 19.8 Å². The second-order valence-electron chi connectivity index (χ2n) is 2.30. The maximum Gasteiger partial charge on any atom is -0.00774 e. The standard InChI is InChI=1S/C6H6.C4H11N.HI/c1-2-4-6-5-3-1;1-2-3-4-5;/h1-6H;2-5H2,1H3;1H. The van der Waals surface area contributed by atoms with Crippen LogP contribution in [0.5, 0.6) is 0 Å². The maximum atomic E-state index is 5.14. The summed E-state index contributed by atoms with van der Waals surface area (Å²) < 4.78 is 0. The van der Waals surface area contributed by atoms with Crippen molar-refractivity contribution in [3.8, 4) is 0 Å². The number of halogens is 1. The van der Waals surface area contributed by atoms with E-state index in [-0.39, 0.29) is 24.0 Å². The third kappa shape index (κ3) is 12.6. The van der Waals surface area contributed by atoms with Crippen LogP contribution < -0.4 is 5.73 Å². The first-order chi connectivity index (χ1) is 5.41. The molecule has 12 heavy (non-hydrogen) atoms. The average Bonchev–Trinajstić information content (AvgIpc) is 2.10. The first-order valence-corrected chi connectivity index (χ1v) is 4.12. The molecule has 0 radical (unpaired) electrons. The van der Waals surface area contributed by atoms with Gasteiger partial charge in [0.05, 0.1) is 0 Å². The van der Waals surface area contributed by atoms with Crippen LogP contribution in [0.15, 0.2) is 36.4 Å². The molecule has 0 amide bonds. The molecule has 0 aliphatic heterocycles. The molecule has 0 saturated heterocycles. The van der Waals surface area contributed by atoms with Gasteiger partial charge >= 0.3 is 0 Å². The summed E-state index contributed by atoms with van der Waals surface area (Å²) in [4.78, 5) is 0. The van der Waals surface area contributed by atoms with E-state index in [2.05, 4.69) is 6.92 Å². The topological polar surface area (TPSA) is 26.0 Å². The van der Waals surface area contributed by atoms with Crippen LogP contribution in [-0.2, 0) is 0 Å². The molecule has 1 nitrogen and oxygen atoms in total. The van der Waals surface area contributed by atoms with E-state index in [1.54, 1.807) is 0 Å². The van der Waals surface area contributed by atoms with Crippen molar-refractivity contribution in [2.24, 2.45) is 5.73 Å². The predicted octanol–water partition coefficient (Wildman–Crippen LogP) is 3.05. The molecule has 1 aromatic rings. The van der Waals surface area contributed by atoms with Crippen molar-refractivity contribution in [3.63, 3.8) is 0 Å². The van der Waals surface area contributed by atoms with Crippen molar-refractivity contribution in [2.75, 3.05) is 6.54 Å². The van der Waals surface area contributed by atoms with E-state index in [0.29, 0.717) is 0 Å². The highest BCUT2D eigenvalue weighted by Gasteiger charge is 1.67. The molecule has 0 aliphatic rings. The van der Waals surface area contributed by atoms with Crippen LogP contribution in [0.3, 0.4) is 0 Å². The molecule has 70 valence electrons. The third-order valence-electron chi connectivity index (χ3n) is 1.22. The minimum absolute atomic E-state index is 0. The molecule has 0 unspecified atom stereocenters. The van der Waals surface area contributed by atoms with Crippen molar-refractivity contribution in [3.05, 3.63) is 36.4 Å². The molecular formula is C10H18IN. The van der Waals surface area contributed by atoms with Gasteiger partial charge in [0.15, 0.2) is 0 Å². The molecular weight excluding hydrogens is 261 g/mol. The van der Waals surface area contributed by atoms with Crippen LogP contribution in [0, 0.1) is 0 Å². The molecule has 2 N–H and O–H groups in total. The number of benzene rings is 1. The van der Waals surface area contributed by atoms with Gasteiger partial charge in [-0.15, -0.1) is 24.0 Å². The molecule has 0 fully saturated rings. The van der Waals surface area contributed by atoms with E-state index in [4.69, 9.17) is 5.73 Å². The van der Waals surface area contributed by atoms with Gasteiger partial charge in [-0.05, 0) is 13.0 Å². The summed E-state index contributed by atoms with van der Waals surface area (Å²) >= 11 is 0. The SMILES string of the molecule is CCCCN.I.c1ccccc1. The van der Waals surface area contributed by atoms with Crippen molar-refractivity contribution < 1.29 is 0 Å². The normalized spacial score (nSPS) is 7.50. The van der Waals surface area contributed by atoms with Gasteiger partial charge in [0.2, 0.25) is 0 Å². The molecule has 0 bridgehead atoms. The van der Waals surface area contributed by atoms with E-state index >= 15 is 0 Å². The number of hydrogen-bond donors (Lipinski definition) is 1. The number of unbranched alkanes of at least 4 members (excludes halogenated alkanes) is 1. The zero-order chi connectivity index (χ0) is 8.36. The first-order valence-electron chi connectivity index (χ1n) is 4.12. The van der Waals surface area contributed by atoms with Crippen molar-refractivity contribution in [1.82, 2.24) is 0 Å². The Morgan fingerprint density at radius 3 is 1.33 bits per heavy atom. The summed E-state index contributed by atoms with van der Waals surface area (Å²) in [6.45, 7) is 2.98. The highest BCUT2D eigenvalue weighted by Crippen LogP contribution is 1.79. The summed E-state index contributed by atoms with van der Waals surface area (Å²) in [7, 11) is 0. The monoisotopic (exact) mass is 279 g/mol. The first kappa shape index (κ1) is 14.4. The molecule has 0 aromatic heterocycles. The van der Waals surface area contributed by atoms with Crippen LogP contribution in [0.4, 0.5) is 0 Å². The third-order valence-corrected chi connectivity index (χ3v) is 1.22. The number of hydrogen-bond acceptors (Lipinski definition) is 1. The second kappa shape index (κ2) is 13.5. The largest absolute Gasteiger partial charge is 0.330 e. The van der Waals surface area contributed by atoms with Crippen molar-refractivity contribution >= 4 is 24.0 Å². The Kier molecular flexibility index (Phi) is 16.2. The Balaban J connectivity index is 0. The Hall–Kier alpha value is -0.0900. The molecule has 0 heterocycles. The summed E-state index contributed by atoms with van der Waals surface area (Å²) in [6, 6.07) is 12.0. The van der Waals surface area contributed by atoms with Gasteiger partial charge in [0.1, 0.15) is 0 Å². The summed E-state index contributed by atoms with van der Waals surface area (Å²) in [5.41, 5.74) is 5.14. The van der Waals surface area contributed by atoms with E-state index in [9.17, 15) is 0 Å². The van der Waals surface area contributed by atoms with Crippen LogP contribution in [-0.4, -0.2) is 6.54 Å². The number of nitrogens with two attached hydrogens (primary N) is 1. The highest BCUT2D eigenvalue weighted by atomic mass is 127. The maximum absolute atomic E-state index is 5.14. The van der Waals surface area contributed by atoms with Crippen LogP contribution in [0.25, 0.3) is 0 Å². The van der Waals surface area contributed by atoms with E-state index in [0.717, 1.165) is 6.54 Å². The van der Waals surface area contributed by atoms with Crippen LogP contribution in [0.2, 0.25) is 0 Å². The minimum Gasteiger partial charge on any atom is -0.330 e. The summed E-state index contributed by atoms with van der Waals surface area (Å²) in [5.74, 6) is 0. The molecule has 0 saturated carbocycles. The van der Waals surface area contributed by atoms with Gasteiger partial charge in [-0.25, -0.2) is 0 Å². The Morgan fingerprint density at radius 1 is 0.917 bits per heavy atom. The zero-order valence-electron chi connectivity index (χ0n) is 7.57. The smallest absolute Gasteiger partial charge is 0.00774 e. The van der Waals surface area contributed by atoms with Crippen molar-refractivity contribution in [1.29, 1.82) is 0 Å². The van der Waals surface area contributed by atoms with Gasteiger partial charge in [0.25, 0.3) is 0 Å². The van der Waals surface area contributed by atoms with E-state index in [1.807, 2.05) is 36.4 Å². The van der Waals surface area contributed by atoms with Gasteiger partial charge in [-0.1, -0.05) is 49.7 Å². The fourth-order valence-corrected chi connectivity index (χ4v) is 0.589. The number of rotatable bonds is 2.